The van der Waals surface area contributed by atoms with Gasteiger partial charge in [-0.3, -0.25) is 4.98 Å². The summed E-state index contributed by atoms with van der Waals surface area (Å²) in [6.45, 7) is 7.82. The van der Waals surface area contributed by atoms with Crippen LogP contribution in [0.4, 0.5) is 0 Å². The summed E-state index contributed by atoms with van der Waals surface area (Å²) in [6.07, 6.45) is 3.51. The minimum Gasteiger partial charge on any atom is -0.598 e. The van der Waals surface area contributed by atoms with Gasteiger partial charge in [-0.05, 0) is 55.3 Å². The summed E-state index contributed by atoms with van der Waals surface area (Å²) in [5.74, 6) is 0. The van der Waals surface area contributed by atoms with Gasteiger partial charge in [0.25, 0.3) is 0 Å². The van der Waals surface area contributed by atoms with E-state index in [0.717, 1.165) is 10.0 Å². The van der Waals surface area contributed by atoms with Crippen molar-refractivity contribution < 1.29 is 4.55 Å². The molecule has 2 atom stereocenters. The van der Waals surface area contributed by atoms with E-state index in [1.54, 1.807) is 12.4 Å². The molecular weight excluding hydrogens is 288 g/mol. The van der Waals surface area contributed by atoms with Crippen LogP contribution in [0, 0.1) is 0 Å². The average molecular weight is 305 g/mol. The molecule has 0 amide bonds. The van der Waals surface area contributed by atoms with Crippen LogP contribution in [0.25, 0.3) is 0 Å². The summed E-state index contributed by atoms with van der Waals surface area (Å²) >= 11 is 2.30. The third-order valence-electron chi connectivity index (χ3n) is 2.07. The molecule has 0 aliphatic rings. The number of nitrogens with zero attached hydrogens (tertiary/aromatic N) is 1. The SMILES string of the molecule is C[C@H](N[S@@+]([O-])C(C)(C)C)c1cncc(Br)c1. The fourth-order valence-corrected chi connectivity index (χ4v) is 2.26. The monoisotopic (exact) mass is 304 g/mol. The molecule has 0 aliphatic carbocycles. The summed E-state index contributed by atoms with van der Waals surface area (Å²) in [5.41, 5.74) is 1.02. The van der Waals surface area contributed by atoms with Gasteiger partial charge in [-0.2, -0.15) is 0 Å². The number of pyridine rings is 1. The normalized spacial score (nSPS) is 15.9. The first-order valence-electron chi connectivity index (χ1n) is 5.09. The number of hydrogen-bond acceptors (Lipinski definition) is 3. The van der Waals surface area contributed by atoms with Gasteiger partial charge in [-0.15, -0.1) is 4.72 Å². The predicted molar refractivity (Wildman–Crippen MR) is 71.4 cm³/mol. The third kappa shape index (κ3) is 4.05. The molecule has 3 nitrogen and oxygen atoms in total. The first kappa shape index (κ1) is 14.0. The fraction of sp³-hybridized carbons (Fsp3) is 0.545. The molecule has 1 aromatic heterocycles. The van der Waals surface area contributed by atoms with Crippen LogP contribution < -0.4 is 4.72 Å². The van der Waals surface area contributed by atoms with E-state index in [1.165, 1.54) is 0 Å². The maximum Gasteiger partial charge on any atom is 0.136 e. The number of hydrogen-bond donors (Lipinski definition) is 1. The van der Waals surface area contributed by atoms with Crippen molar-refractivity contribution in [3.8, 4) is 0 Å². The van der Waals surface area contributed by atoms with Crippen LogP contribution in [0.2, 0.25) is 0 Å². The van der Waals surface area contributed by atoms with E-state index >= 15 is 0 Å². The highest BCUT2D eigenvalue weighted by Gasteiger charge is 2.28. The van der Waals surface area contributed by atoms with Gasteiger partial charge in [0.2, 0.25) is 0 Å². The van der Waals surface area contributed by atoms with Crippen LogP contribution >= 0.6 is 15.9 Å². The molecule has 1 rings (SSSR count). The lowest BCUT2D eigenvalue weighted by Gasteiger charge is -2.26. The molecule has 5 heteroatoms. The van der Waals surface area contributed by atoms with Crippen LogP contribution in [0.1, 0.15) is 39.3 Å². The van der Waals surface area contributed by atoms with E-state index in [4.69, 9.17) is 0 Å². The Kier molecular flexibility index (Phi) is 4.79. The highest BCUT2D eigenvalue weighted by molar-refractivity contribution is 9.10. The second-order valence-corrected chi connectivity index (χ2v) is 7.57. The predicted octanol–water partition coefficient (Wildman–Crippen LogP) is 2.96. The topological polar surface area (TPSA) is 48.0 Å². The summed E-state index contributed by atoms with van der Waals surface area (Å²) in [6, 6.07) is 2.00. The van der Waals surface area contributed by atoms with Gasteiger partial charge in [0, 0.05) is 28.2 Å². The molecule has 0 aliphatic heterocycles. The van der Waals surface area contributed by atoms with Crippen LogP contribution in [0.3, 0.4) is 0 Å². The van der Waals surface area contributed by atoms with Crippen molar-refractivity contribution >= 4 is 27.3 Å². The number of halogens is 1. The Morgan fingerprint density at radius 1 is 1.44 bits per heavy atom. The zero-order chi connectivity index (χ0) is 12.3. The Morgan fingerprint density at radius 2 is 2.06 bits per heavy atom. The first-order chi connectivity index (χ1) is 7.30. The number of nitrogens with one attached hydrogen (secondary N) is 1. The molecule has 0 fully saturated rings. The lowest BCUT2D eigenvalue weighted by atomic mass is 10.2. The van der Waals surface area contributed by atoms with E-state index in [-0.39, 0.29) is 10.8 Å². The number of aromatic nitrogens is 1. The van der Waals surface area contributed by atoms with Crippen LogP contribution in [0.5, 0.6) is 0 Å². The van der Waals surface area contributed by atoms with Gasteiger partial charge in [0.05, 0.1) is 6.04 Å². The molecule has 90 valence electrons. The first-order valence-corrected chi connectivity index (χ1v) is 7.03. The zero-order valence-corrected chi connectivity index (χ0v) is 12.4. The van der Waals surface area contributed by atoms with Gasteiger partial charge in [0.1, 0.15) is 4.75 Å². The Hall–Kier alpha value is -0.100. The largest absolute Gasteiger partial charge is 0.598 e. The van der Waals surface area contributed by atoms with E-state index < -0.39 is 11.4 Å². The Morgan fingerprint density at radius 3 is 2.56 bits per heavy atom. The lowest BCUT2D eigenvalue weighted by Crippen LogP contribution is -2.40. The highest BCUT2D eigenvalue weighted by atomic mass is 79.9. The van der Waals surface area contributed by atoms with Crippen LogP contribution in [-0.4, -0.2) is 14.3 Å². The maximum atomic E-state index is 11.9. The maximum absolute atomic E-state index is 11.9. The van der Waals surface area contributed by atoms with Gasteiger partial charge >= 0.3 is 0 Å². The summed E-state index contributed by atoms with van der Waals surface area (Å²) in [4.78, 5) is 4.09. The van der Waals surface area contributed by atoms with Gasteiger partial charge in [-0.25, -0.2) is 0 Å². The Labute approximate surface area is 108 Å². The average Bonchev–Trinajstić information content (AvgIpc) is 2.16. The van der Waals surface area contributed by atoms with Crippen molar-refractivity contribution in [3.63, 3.8) is 0 Å². The summed E-state index contributed by atoms with van der Waals surface area (Å²) in [7, 11) is 0. The standard InChI is InChI=1S/C11H17BrN2OS/c1-8(14-16(15)11(2,3)4)9-5-10(12)7-13-6-9/h5-8,14H,1-4H3/t8-,16-/m0/s1. The molecule has 1 N–H and O–H groups in total. The van der Waals surface area contributed by atoms with E-state index in [2.05, 4.69) is 25.6 Å². The smallest absolute Gasteiger partial charge is 0.136 e. The third-order valence-corrected chi connectivity index (χ3v) is 4.18. The van der Waals surface area contributed by atoms with E-state index in [9.17, 15) is 4.55 Å². The molecule has 0 saturated carbocycles. The molecule has 0 spiro atoms. The minimum absolute atomic E-state index is 0.0186. The van der Waals surface area contributed by atoms with Crippen molar-refractivity contribution in [3.05, 3.63) is 28.5 Å². The van der Waals surface area contributed by atoms with E-state index in [0.29, 0.717) is 0 Å². The van der Waals surface area contributed by atoms with Gasteiger partial charge < -0.3 is 4.55 Å². The van der Waals surface area contributed by atoms with Crippen molar-refractivity contribution in [1.82, 2.24) is 9.71 Å². The van der Waals surface area contributed by atoms with Gasteiger partial charge in [-0.1, -0.05) is 0 Å². The highest BCUT2D eigenvalue weighted by Crippen LogP contribution is 2.20. The molecule has 1 heterocycles. The van der Waals surface area contributed by atoms with Crippen LogP contribution in [-0.2, 0) is 11.4 Å². The van der Waals surface area contributed by atoms with Crippen molar-refractivity contribution in [2.24, 2.45) is 0 Å². The molecule has 0 aromatic carbocycles. The molecule has 0 radical (unpaired) electrons. The zero-order valence-electron chi connectivity index (χ0n) is 9.95. The van der Waals surface area contributed by atoms with Crippen molar-refractivity contribution in [2.75, 3.05) is 0 Å². The van der Waals surface area contributed by atoms with E-state index in [1.807, 2.05) is 33.8 Å². The Balaban J connectivity index is 2.69. The molecule has 0 unspecified atom stereocenters. The quantitative estimate of drug-likeness (QED) is 0.873. The van der Waals surface area contributed by atoms with Crippen molar-refractivity contribution in [2.45, 2.75) is 38.5 Å². The molecule has 16 heavy (non-hydrogen) atoms. The fourth-order valence-electron chi connectivity index (χ4n) is 1.07. The van der Waals surface area contributed by atoms with Crippen molar-refractivity contribution in [1.29, 1.82) is 0 Å². The Bertz CT molecular complexity index is 354. The molecular formula is C11H17BrN2OS. The molecule has 1 aromatic rings. The second-order valence-electron chi connectivity index (χ2n) is 4.66. The second kappa shape index (κ2) is 5.49. The molecule has 0 saturated heterocycles. The summed E-state index contributed by atoms with van der Waals surface area (Å²) in [5, 5.41) is 0. The van der Waals surface area contributed by atoms with Gasteiger partial charge in [0.15, 0.2) is 0 Å². The van der Waals surface area contributed by atoms with Crippen LogP contribution in [0.15, 0.2) is 22.9 Å². The summed E-state index contributed by atoms with van der Waals surface area (Å²) < 4.78 is 15.7. The molecule has 0 bridgehead atoms. The lowest BCUT2D eigenvalue weighted by molar-refractivity contribution is 0.531. The minimum atomic E-state index is -1.07. The number of rotatable bonds is 3.